The molecule has 1 aromatic carbocycles. The third-order valence-electron chi connectivity index (χ3n) is 16.5. The standard InChI is InChI=1S/C51H85NP4/c1-44(2)27-19-28-45(3,4)53(44)34-38-21-17-22-39(33-38)35-55-48(9,10)31-25-42(50(55,13)14)43-26-32-49(11,12)56(51(43,15)16)37-41-24-18-23-40(52-41)36-54-46(5,6)29-20-30-47(54,7)8/h17-18,21-24,33,42-43H,19-20,25-32,34-37H2,1-16H3. The van der Waals surface area contributed by atoms with Crippen LogP contribution in [0.1, 0.15) is 198 Å². The Bertz CT molecular complexity index is 1520. The van der Waals surface area contributed by atoms with E-state index in [1.807, 2.05) is 0 Å². The van der Waals surface area contributed by atoms with Crippen molar-refractivity contribution < 1.29 is 0 Å². The maximum atomic E-state index is 5.56. The van der Waals surface area contributed by atoms with E-state index in [0.717, 1.165) is 11.8 Å². The van der Waals surface area contributed by atoms with Crippen LogP contribution < -0.4 is 0 Å². The molecule has 4 aliphatic rings. The van der Waals surface area contributed by atoms with E-state index in [9.17, 15) is 0 Å². The fourth-order valence-electron chi connectivity index (χ4n) is 13.3. The summed E-state index contributed by atoms with van der Waals surface area (Å²) < 4.78 is 0. The second kappa shape index (κ2) is 16.1. The van der Waals surface area contributed by atoms with Crippen LogP contribution in [0.2, 0.25) is 0 Å². The number of hydrogen-bond donors (Lipinski definition) is 0. The molecule has 0 saturated carbocycles. The van der Waals surface area contributed by atoms with E-state index >= 15 is 0 Å². The fraction of sp³-hybridized carbons (Fsp3) is 0.784. The van der Waals surface area contributed by atoms with Crippen molar-refractivity contribution in [1.29, 1.82) is 0 Å². The molecule has 4 fully saturated rings. The molecule has 0 spiro atoms. The average molecular weight is 836 g/mol. The van der Waals surface area contributed by atoms with Crippen LogP contribution >= 0.6 is 31.7 Å². The van der Waals surface area contributed by atoms with Crippen molar-refractivity contribution in [3.63, 3.8) is 0 Å². The van der Waals surface area contributed by atoms with Crippen molar-refractivity contribution >= 4 is 31.7 Å². The SMILES string of the molecule is CC1(C)CCCC(C)(C)P1Cc1cccc(CP2C(C)(C)CCC(C3CCC(C)(C)P(Cc4cccc(CP5C(C)(C)CCCC5(C)C)n4)C3(C)C)C2(C)C)c1. The zero-order chi connectivity index (χ0) is 41.3. The summed E-state index contributed by atoms with van der Waals surface area (Å²) in [6, 6.07) is 17.2. The smallest absolute Gasteiger partial charge is 0.0450 e. The van der Waals surface area contributed by atoms with Crippen molar-refractivity contribution in [3.05, 3.63) is 65.0 Å². The van der Waals surface area contributed by atoms with Crippen molar-refractivity contribution in [2.45, 2.75) is 241 Å². The fourth-order valence-corrected chi connectivity index (χ4v) is 29.2. The lowest BCUT2D eigenvalue weighted by molar-refractivity contribution is 0.164. The van der Waals surface area contributed by atoms with Crippen molar-refractivity contribution in [3.8, 4) is 0 Å². The molecule has 5 heterocycles. The molecule has 1 aromatic heterocycles. The van der Waals surface area contributed by atoms with Crippen LogP contribution in [-0.4, -0.2) is 46.2 Å². The van der Waals surface area contributed by atoms with E-state index in [0.29, 0.717) is 41.2 Å². The first-order valence-corrected chi connectivity index (χ1v) is 28.9. The molecule has 5 heteroatoms. The van der Waals surface area contributed by atoms with Gasteiger partial charge in [-0.15, -0.1) is 0 Å². The Hall–Kier alpha value is 0.0900. The molecule has 4 saturated heterocycles. The number of nitrogens with zero attached hydrogens (tertiary/aromatic N) is 1. The topological polar surface area (TPSA) is 12.9 Å². The molecule has 4 atom stereocenters. The van der Waals surface area contributed by atoms with Gasteiger partial charge in [0.1, 0.15) is 0 Å². The number of aromatic nitrogens is 1. The van der Waals surface area contributed by atoms with E-state index in [1.165, 1.54) is 100 Å². The molecule has 314 valence electrons. The summed E-state index contributed by atoms with van der Waals surface area (Å²) in [5.74, 6) is 1.56. The summed E-state index contributed by atoms with van der Waals surface area (Å²) in [4.78, 5) is 5.56. The highest BCUT2D eigenvalue weighted by Gasteiger charge is 2.57. The summed E-state index contributed by atoms with van der Waals surface area (Å²) >= 11 is 0. The molecule has 6 rings (SSSR count). The van der Waals surface area contributed by atoms with Crippen molar-refractivity contribution in [1.82, 2.24) is 4.98 Å². The summed E-state index contributed by atoms with van der Waals surface area (Å²) in [5.41, 5.74) is 5.98. The predicted octanol–water partition coefficient (Wildman–Crippen LogP) is 17.1. The summed E-state index contributed by atoms with van der Waals surface area (Å²) in [6.07, 6.45) is 18.8. The Morgan fingerprint density at radius 2 is 0.750 bits per heavy atom. The Balaban J connectivity index is 1.23. The third kappa shape index (κ3) is 9.29. The Kier molecular flexibility index (Phi) is 13.1. The molecule has 0 N–H and O–H groups in total. The highest BCUT2D eigenvalue weighted by molar-refractivity contribution is 7.61. The van der Waals surface area contributed by atoms with Crippen molar-refractivity contribution in [2.24, 2.45) is 11.8 Å². The van der Waals surface area contributed by atoms with Crippen LogP contribution in [0.25, 0.3) is 0 Å². The van der Waals surface area contributed by atoms with E-state index in [-0.39, 0.29) is 31.7 Å². The molecule has 2 aromatic rings. The van der Waals surface area contributed by atoms with E-state index in [2.05, 4.69) is 153 Å². The molecule has 4 aliphatic heterocycles. The molecular formula is C51H85NP4. The molecule has 0 radical (unpaired) electrons. The average Bonchev–Trinajstić information content (AvgIpc) is 3.06. The lowest BCUT2D eigenvalue weighted by Gasteiger charge is -2.62. The Labute approximate surface area is 352 Å². The Morgan fingerprint density at radius 1 is 0.429 bits per heavy atom. The maximum absolute atomic E-state index is 5.56. The quantitative estimate of drug-likeness (QED) is 0.229. The normalized spacial score (nSPS) is 31.8. The van der Waals surface area contributed by atoms with Crippen molar-refractivity contribution in [2.75, 3.05) is 0 Å². The van der Waals surface area contributed by atoms with E-state index in [4.69, 9.17) is 4.98 Å². The number of pyridine rings is 1. The number of benzene rings is 1. The minimum absolute atomic E-state index is 0.0730. The highest BCUT2D eigenvalue weighted by Crippen LogP contribution is 2.76. The van der Waals surface area contributed by atoms with Crippen LogP contribution in [0.5, 0.6) is 0 Å². The lowest BCUT2D eigenvalue weighted by Crippen LogP contribution is -2.53. The van der Waals surface area contributed by atoms with Gasteiger partial charge in [0.25, 0.3) is 0 Å². The van der Waals surface area contributed by atoms with Gasteiger partial charge in [-0.1, -0.05) is 186 Å². The summed E-state index contributed by atoms with van der Waals surface area (Å²) in [5, 5.41) is 3.26. The van der Waals surface area contributed by atoms with Gasteiger partial charge < -0.3 is 0 Å². The molecule has 0 aliphatic carbocycles. The first-order chi connectivity index (χ1) is 25.7. The van der Waals surface area contributed by atoms with Gasteiger partial charge in [-0.3, -0.25) is 4.98 Å². The molecule has 56 heavy (non-hydrogen) atoms. The largest absolute Gasteiger partial charge is 0.257 e. The zero-order valence-electron chi connectivity index (χ0n) is 39.3. The van der Waals surface area contributed by atoms with E-state index in [1.54, 1.807) is 11.1 Å². The molecule has 4 unspecified atom stereocenters. The Morgan fingerprint density at radius 3 is 1.18 bits per heavy atom. The lowest BCUT2D eigenvalue weighted by atomic mass is 9.69. The monoisotopic (exact) mass is 836 g/mol. The summed E-state index contributed by atoms with van der Waals surface area (Å²) in [6.45, 7) is 42.0. The minimum Gasteiger partial charge on any atom is -0.257 e. The molecular weight excluding hydrogens is 750 g/mol. The third-order valence-corrected chi connectivity index (χ3v) is 32.7. The van der Waals surface area contributed by atoms with Gasteiger partial charge in [0.05, 0.1) is 0 Å². The van der Waals surface area contributed by atoms with Gasteiger partial charge in [0, 0.05) is 23.7 Å². The molecule has 0 amide bonds. The van der Waals surface area contributed by atoms with Gasteiger partial charge >= 0.3 is 0 Å². The molecule has 1 nitrogen and oxygen atoms in total. The van der Waals surface area contributed by atoms with Gasteiger partial charge in [0.2, 0.25) is 0 Å². The number of hydrogen-bond acceptors (Lipinski definition) is 1. The number of rotatable bonds is 9. The van der Waals surface area contributed by atoms with E-state index < -0.39 is 0 Å². The van der Waals surface area contributed by atoms with Gasteiger partial charge in [0.15, 0.2) is 0 Å². The van der Waals surface area contributed by atoms with Crippen LogP contribution in [0, 0.1) is 11.8 Å². The second-order valence-electron chi connectivity index (χ2n) is 24.0. The predicted molar refractivity (Wildman–Crippen MR) is 259 cm³/mol. The highest BCUT2D eigenvalue weighted by atomic mass is 31.1. The molecule has 0 bridgehead atoms. The zero-order valence-corrected chi connectivity index (χ0v) is 42.9. The van der Waals surface area contributed by atoms with Gasteiger partial charge in [-0.05, 0) is 140 Å². The van der Waals surface area contributed by atoms with Crippen LogP contribution in [0.4, 0.5) is 0 Å². The maximum Gasteiger partial charge on any atom is 0.0450 e. The minimum atomic E-state index is -0.273. The van der Waals surface area contributed by atoms with Crippen LogP contribution in [0.3, 0.4) is 0 Å². The van der Waals surface area contributed by atoms with Crippen LogP contribution in [-0.2, 0) is 24.6 Å². The van der Waals surface area contributed by atoms with Gasteiger partial charge in [-0.25, -0.2) is 0 Å². The summed E-state index contributed by atoms with van der Waals surface area (Å²) in [7, 11) is -0.701. The van der Waals surface area contributed by atoms with Crippen LogP contribution in [0.15, 0.2) is 42.5 Å². The first-order valence-electron chi connectivity index (χ1n) is 22.8. The van der Waals surface area contributed by atoms with Gasteiger partial charge in [-0.2, -0.15) is 0 Å². The second-order valence-corrected chi connectivity index (χ2v) is 38.2. The first kappa shape index (κ1) is 45.6.